The van der Waals surface area contributed by atoms with Crippen molar-refractivity contribution in [3.05, 3.63) is 76.0 Å². The highest BCUT2D eigenvalue weighted by atomic mass is 32.1. The molecule has 8 nitrogen and oxygen atoms in total. The average Bonchev–Trinajstić information content (AvgIpc) is 3.21. The van der Waals surface area contributed by atoms with Gasteiger partial charge in [-0.05, 0) is 36.2 Å². The number of aromatic nitrogens is 2. The van der Waals surface area contributed by atoms with Crippen molar-refractivity contribution >= 4 is 23.2 Å². The summed E-state index contributed by atoms with van der Waals surface area (Å²) in [5.41, 5.74) is 2.27. The average molecular weight is 467 g/mol. The number of nitrogens with zero attached hydrogens (tertiary/aromatic N) is 4. The van der Waals surface area contributed by atoms with Gasteiger partial charge >= 0.3 is 0 Å². The first kappa shape index (κ1) is 22.9. The quantitative estimate of drug-likeness (QED) is 0.532. The van der Waals surface area contributed by atoms with E-state index < -0.39 is 0 Å². The summed E-state index contributed by atoms with van der Waals surface area (Å²) in [5, 5.41) is 2.54. The number of carbonyl (C=O) groups excluding carboxylic acids is 2. The zero-order chi connectivity index (χ0) is 23.2. The number of carbonyl (C=O) groups is 2. The number of ether oxygens (including phenoxy) is 2. The van der Waals surface area contributed by atoms with Gasteiger partial charge in [-0.3, -0.25) is 14.6 Å². The third-order valence-corrected chi connectivity index (χ3v) is 6.17. The van der Waals surface area contributed by atoms with E-state index in [-0.39, 0.29) is 24.5 Å². The van der Waals surface area contributed by atoms with E-state index in [1.54, 1.807) is 34.7 Å². The van der Waals surface area contributed by atoms with Crippen LogP contribution in [0.15, 0.2) is 54.2 Å². The van der Waals surface area contributed by atoms with Crippen LogP contribution < -0.4 is 4.74 Å². The molecule has 1 aliphatic heterocycles. The van der Waals surface area contributed by atoms with E-state index in [0.29, 0.717) is 31.9 Å². The predicted octanol–water partition coefficient (Wildman–Crippen LogP) is 2.93. The fourth-order valence-corrected chi connectivity index (χ4v) is 4.25. The molecule has 1 atom stereocenters. The molecule has 2 amide bonds. The van der Waals surface area contributed by atoms with Gasteiger partial charge in [-0.1, -0.05) is 18.2 Å². The number of rotatable bonds is 7. The molecule has 0 N–H and O–H groups in total. The van der Waals surface area contributed by atoms with Crippen LogP contribution >= 0.6 is 11.3 Å². The second-order valence-electron chi connectivity index (χ2n) is 7.85. The van der Waals surface area contributed by atoms with Crippen LogP contribution in [0, 0.1) is 6.92 Å². The van der Waals surface area contributed by atoms with E-state index in [1.807, 2.05) is 43.3 Å². The van der Waals surface area contributed by atoms with Crippen LogP contribution in [-0.4, -0.2) is 64.4 Å². The minimum atomic E-state index is -0.349. The van der Waals surface area contributed by atoms with Crippen molar-refractivity contribution in [3.8, 4) is 5.75 Å². The summed E-state index contributed by atoms with van der Waals surface area (Å²) in [4.78, 5) is 37.9. The predicted molar refractivity (Wildman–Crippen MR) is 124 cm³/mol. The molecular formula is C24H26N4O4S. The van der Waals surface area contributed by atoms with E-state index in [1.165, 1.54) is 11.3 Å². The van der Waals surface area contributed by atoms with Gasteiger partial charge in [-0.15, -0.1) is 11.3 Å². The minimum Gasteiger partial charge on any atom is -0.497 e. The Labute approximate surface area is 196 Å². The molecule has 0 unspecified atom stereocenters. The lowest BCUT2D eigenvalue weighted by Gasteiger charge is -2.25. The topological polar surface area (TPSA) is 84.9 Å². The molecule has 1 saturated heterocycles. The molecule has 3 heterocycles. The van der Waals surface area contributed by atoms with E-state index >= 15 is 0 Å². The van der Waals surface area contributed by atoms with Crippen molar-refractivity contribution in [2.24, 2.45) is 0 Å². The van der Waals surface area contributed by atoms with Crippen LogP contribution in [0.4, 0.5) is 0 Å². The molecule has 1 aromatic carbocycles. The maximum absolute atomic E-state index is 13.1. The van der Waals surface area contributed by atoms with Crippen molar-refractivity contribution in [1.82, 2.24) is 19.8 Å². The SMILES string of the molecule is COc1ccc(CN2C[C@@H](OCc3cccnc3)CN(C(=O)c3csc(C)n3)CC2=O)cc1. The highest BCUT2D eigenvalue weighted by Crippen LogP contribution is 2.18. The van der Waals surface area contributed by atoms with Gasteiger partial charge in [0.1, 0.15) is 18.0 Å². The molecule has 1 aliphatic rings. The van der Waals surface area contributed by atoms with Gasteiger partial charge < -0.3 is 19.3 Å². The largest absolute Gasteiger partial charge is 0.497 e. The summed E-state index contributed by atoms with van der Waals surface area (Å²) in [6.07, 6.45) is 3.11. The third kappa shape index (κ3) is 5.94. The first-order valence-corrected chi connectivity index (χ1v) is 11.5. The van der Waals surface area contributed by atoms with Gasteiger partial charge in [-0.25, -0.2) is 4.98 Å². The summed E-state index contributed by atoms with van der Waals surface area (Å²) in [5.74, 6) is 0.376. The number of benzene rings is 1. The monoisotopic (exact) mass is 466 g/mol. The van der Waals surface area contributed by atoms with Crippen molar-refractivity contribution in [2.75, 3.05) is 26.7 Å². The normalized spacial score (nSPS) is 16.5. The van der Waals surface area contributed by atoms with Gasteiger partial charge in [0, 0.05) is 37.4 Å². The fourth-order valence-electron chi connectivity index (χ4n) is 3.66. The lowest BCUT2D eigenvalue weighted by atomic mass is 10.2. The maximum Gasteiger partial charge on any atom is 0.273 e. The Morgan fingerprint density at radius 3 is 2.67 bits per heavy atom. The van der Waals surface area contributed by atoms with Gasteiger partial charge in [0.25, 0.3) is 5.91 Å². The number of methoxy groups -OCH3 is 1. The molecule has 33 heavy (non-hydrogen) atoms. The van der Waals surface area contributed by atoms with Crippen LogP contribution in [0.2, 0.25) is 0 Å². The number of hydrogen-bond donors (Lipinski definition) is 0. The third-order valence-electron chi connectivity index (χ3n) is 5.39. The van der Waals surface area contributed by atoms with E-state index in [2.05, 4.69) is 9.97 Å². The molecule has 4 rings (SSSR count). The molecule has 0 radical (unpaired) electrons. The van der Waals surface area contributed by atoms with Crippen LogP contribution in [-0.2, 0) is 22.7 Å². The molecule has 172 valence electrons. The van der Waals surface area contributed by atoms with Gasteiger partial charge in [0.15, 0.2) is 0 Å². The Hall–Kier alpha value is -3.30. The molecule has 2 aromatic heterocycles. The van der Waals surface area contributed by atoms with Crippen molar-refractivity contribution < 1.29 is 19.1 Å². The minimum absolute atomic E-state index is 0.0156. The molecule has 9 heteroatoms. The lowest BCUT2D eigenvalue weighted by molar-refractivity contribution is -0.132. The first-order valence-electron chi connectivity index (χ1n) is 10.6. The molecule has 0 spiro atoms. The van der Waals surface area contributed by atoms with Gasteiger partial charge in [-0.2, -0.15) is 0 Å². The highest BCUT2D eigenvalue weighted by molar-refractivity contribution is 7.09. The fraction of sp³-hybridized carbons (Fsp3) is 0.333. The highest BCUT2D eigenvalue weighted by Gasteiger charge is 2.32. The second kappa shape index (κ2) is 10.5. The molecular weight excluding hydrogens is 440 g/mol. The van der Waals surface area contributed by atoms with Crippen molar-refractivity contribution in [2.45, 2.75) is 26.2 Å². The van der Waals surface area contributed by atoms with Crippen LogP contribution in [0.25, 0.3) is 0 Å². The summed E-state index contributed by atoms with van der Waals surface area (Å²) < 4.78 is 11.4. The Bertz CT molecular complexity index is 1090. The summed E-state index contributed by atoms with van der Waals surface area (Å²) >= 11 is 1.41. The molecule has 0 bridgehead atoms. The molecule has 3 aromatic rings. The summed E-state index contributed by atoms with van der Waals surface area (Å²) in [6.45, 7) is 3.30. The van der Waals surface area contributed by atoms with Gasteiger partial charge in [0.2, 0.25) is 5.91 Å². The van der Waals surface area contributed by atoms with Crippen molar-refractivity contribution in [1.29, 1.82) is 0 Å². The number of aryl methyl sites for hydroxylation is 1. The van der Waals surface area contributed by atoms with Gasteiger partial charge in [0.05, 0.1) is 24.8 Å². The Balaban J connectivity index is 1.52. The van der Waals surface area contributed by atoms with E-state index in [4.69, 9.17) is 9.47 Å². The first-order chi connectivity index (χ1) is 16.0. The lowest BCUT2D eigenvalue weighted by Crippen LogP contribution is -2.39. The molecule has 0 aliphatic carbocycles. The van der Waals surface area contributed by atoms with E-state index in [0.717, 1.165) is 21.9 Å². The number of hydrogen-bond acceptors (Lipinski definition) is 7. The van der Waals surface area contributed by atoms with Crippen LogP contribution in [0.3, 0.4) is 0 Å². The summed E-state index contributed by atoms with van der Waals surface area (Å²) in [6, 6.07) is 11.4. The Morgan fingerprint density at radius 2 is 2.00 bits per heavy atom. The zero-order valence-corrected chi connectivity index (χ0v) is 19.5. The Morgan fingerprint density at radius 1 is 1.18 bits per heavy atom. The molecule has 1 fully saturated rings. The number of pyridine rings is 1. The molecule has 0 saturated carbocycles. The van der Waals surface area contributed by atoms with Crippen molar-refractivity contribution in [3.63, 3.8) is 0 Å². The zero-order valence-electron chi connectivity index (χ0n) is 18.6. The van der Waals surface area contributed by atoms with Crippen LogP contribution in [0.5, 0.6) is 5.75 Å². The van der Waals surface area contributed by atoms with E-state index in [9.17, 15) is 9.59 Å². The number of thiazole rings is 1. The Kier molecular flexibility index (Phi) is 7.31. The van der Waals surface area contributed by atoms with Crippen LogP contribution in [0.1, 0.15) is 26.6 Å². The summed E-state index contributed by atoms with van der Waals surface area (Å²) in [7, 11) is 1.62. The smallest absolute Gasteiger partial charge is 0.273 e. The second-order valence-corrected chi connectivity index (χ2v) is 8.92. The number of amides is 2. The maximum atomic E-state index is 13.1. The standard InChI is InChI=1S/C24H26N4O4S/c1-17-26-22(16-33-17)24(30)28-13-21(32-15-19-4-3-9-25-10-19)12-27(23(29)14-28)11-18-5-7-20(31-2)8-6-18/h3-10,16,21H,11-15H2,1-2H3/t21-/m1/s1.